The monoisotopic (exact) mass is 450 g/mol. The molecule has 1 fully saturated rings. The van der Waals surface area contributed by atoms with Crippen molar-refractivity contribution in [3.05, 3.63) is 57.7 Å². The van der Waals surface area contributed by atoms with Crippen LogP contribution in [0.15, 0.2) is 42.1 Å². The fourth-order valence-electron chi connectivity index (χ4n) is 2.95. The van der Waals surface area contributed by atoms with E-state index in [0.29, 0.717) is 51.1 Å². The lowest BCUT2D eigenvalue weighted by atomic mass is 10.1. The van der Waals surface area contributed by atoms with Gasteiger partial charge in [0.1, 0.15) is 11.4 Å². The first-order valence-corrected chi connectivity index (χ1v) is 10.2. The summed E-state index contributed by atoms with van der Waals surface area (Å²) >= 11 is 18.1. The zero-order valence-corrected chi connectivity index (χ0v) is 18.6. The van der Waals surface area contributed by atoms with Gasteiger partial charge in [-0.3, -0.25) is 9.69 Å². The number of likely N-dealkylation sites (N-methyl/N-ethyl adjacent to an activating group) is 1. The van der Waals surface area contributed by atoms with E-state index in [9.17, 15) is 4.79 Å². The zero-order valence-electron chi connectivity index (χ0n) is 16.2. The molecule has 5 nitrogen and oxygen atoms in total. The molecule has 1 heterocycles. The lowest BCUT2D eigenvalue weighted by molar-refractivity contribution is -0.114. The van der Waals surface area contributed by atoms with Gasteiger partial charge >= 0.3 is 0 Å². The number of halogens is 2. The van der Waals surface area contributed by atoms with Gasteiger partial charge in [-0.25, -0.2) is 0 Å². The van der Waals surface area contributed by atoms with E-state index in [1.807, 2.05) is 26.0 Å². The minimum Gasteiger partial charge on any atom is -0.494 e. The molecule has 0 spiro atoms. The molecule has 0 radical (unpaired) electrons. The van der Waals surface area contributed by atoms with Crippen molar-refractivity contribution in [1.82, 2.24) is 4.90 Å². The lowest BCUT2D eigenvalue weighted by Crippen LogP contribution is -2.31. The number of ether oxygens (including phenoxy) is 2. The molecular weight excluding hydrogens is 431 g/mol. The summed E-state index contributed by atoms with van der Waals surface area (Å²) in [5.74, 6) is 0.926. The standard InChI is InChI=1S/C21H20Cl2N2O3S/c1-4-27-15-8-6-14(7-9-15)25-20(26)18(24(3)21(25)29)12-13-10-16(22)19(28-5-2)17(23)11-13/h6-12H,4-5H2,1-3H3/b18-12-. The summed E-state index contributed by atoms with van der Waals surface area (Å²) in [5, 5.41) is 1.14. The Balaban J connectivity index is 1.93. The van der Waals surface area contributed by atoms with Crippen LogP contribution in [0.2, 0.25) is 10.0 Å². The smallest absolute Gasteiger partial charge is 0.281 e. The van der Waals surface area contributed by atoms with Crippen molar-refractivity contribution in [3.8, 4) is 11.5 Å². The Labute approximate surface area is 185 Å². The molecule has 2 aromatic carbocycles. The van der Waals surface area contributed by atoms with E-state index < -0.39 is 0 Å². The molecule has 3 rings (SSSR count). The molecule has 8 heteroatoms. The van der Waals surface area contributed by atoms with Crippen molar-refractivity contribution in [3.63, 3.8) is 0 Å². The molecule has 0 aliphatic carbocycles. The quantitative estimate of drug-likeness (QED) is 0.435. The average molecular weight is 451 g/mol. The first-order valence-electron chi connectivity index (χ1n) is 9.05. The number of anilines is 1. The highest BCUT2D eigenvalue weighted by molar-refractivity contribution is 7.80. The predicted molar refractivity (Wildman–Crippen MR) is 121 cm³/mol. The van der Waals surface area contributed by atoms with Crippen molar-refractivity contribution in [2.45, 2.75) is 13.8 Å². The van der Waals surface area contributed by atoms with Crippen molar-refractivity contribution in [1.29, 1.82) is 0 Å². The number of rotatable bonds is 6. The lowest BCUT2D eigenvalue weighted by Gasteiger charge is -2.16. The molecule has 1 saturated heterocycles. The van der Waals surface area contributed by atoms with E-state index in [2.05, 4.69) is 0 Å². The first-order chi connectivity index (χ1) is 13.9. The first kappa shape index (κ1) is 21.4. The maximum atomic E-state index is 13.1. The van der Waals surface area contributed by atoms with Gasteiger partial charge in [0.25, 0.3) is 5.91 Å². The van der Waals surface area contributed by atoms with Crippen molar-refractivity contribution >= 4 is 58.2 Å². The summed E-state index contributed by atoms with van der Waals surface area (Å²) in [4.78, 5) is 16.2. The topological polar surface area (TPSA) is 42.0 Å². The summed E-state index contributed by atoms with van der Waals surface area (Å²) in [6.07, 6.45) is 1.71. The number of hydrogen-bond donors (Lipinski definition) is 0. The van der Waals surface area contributed by atoms with Crippen molar-refractivity contribution in [2.75, 3.05) is 25.2 Å². The Morgan fingerprint density at radius 1 is 1.03 bits per heavy atom. The number of hydrogen-bond acceptors (Lipinski definition) is 4. The van der Waals surface area contributed by atoms with E-state index in [0.717, 1.165) is 5.75 Å². The largest absolute Gasteiger partial charge is 0.494 e. The molecule has 1 aliphatic heterocycles. The molecule has 1 aliphatic rings. The van der Waals surface area contributed by atoms with Crippen LogP contribution in [0.25, 0.3) is 6.08 Å². The van der Waals surface area contributed by atoms with Crippen LogP contribution >= 0.6 is 35.4 Å². The Morgan fingerprint density at radius 2 is 1.62 bits per heavy atom. The fourth-order valence-corrected chi connectivity index (χ4v) is 3.84. The molecule has 0 bridgehead atoms. The summed E-state index contributed by atoms with van der Waals surface area (Å²) in [7, 11) is 1.75. The summed E-state index contributed by atoms with van der Waals surface area (Å²) in [6, 6.07) is 10.6. The van der Waals surface area contributed by atoms with E-state index in [1.54, 1.807) is 42.3 Å². The molecule has 0 aromatic heterocycles. The average Bonchev–Trinajstić information content (AvgIpc) is 2.89. The molecular formula is C21H20Cl2N2O3S. The third-order valence-electron chi connectivity index (χ3n) is 4.28. The highest BCUT2D eigenvalue weighted by Gasteiger charge is 2.36. The summed E-state index contributed by atoms with van der Waals surface area (Å²) < 4.78 is 10.9. The molecule has 152 valence electrons. The van der Waals surface area contributed by atoms with Crippen LogP contribution in [0.5, 0.6) is 11.5 Å². The van der Waals surface area contributed by atoms with E-state index >= 15 is 0 Å². The van der Waals surface area contributed by atoms with Gasteiger partial charge < -0.3 is 14.4 Å². The number of benzene rings is 2. The Hall–Kier alpha value is -2.28. The van der Waals surface area contributed by atoms with Gasteiger partial charge in [0.2, 0.25) is 0 Å². The number of amides is 1. The Kier molecular flexibility index (Phi) is 6.67. The Morgan fingerprint density at radius 3 is 2.17 bits per heavy atom. The van der Waals surface area contributed by atoms with Crippen molar-refractivity contribution in [2.24, 2.45) is 0 Å². The second-order valence-corrected chi connectivity index (χ2v) is 7.36. The summed E-state index contributed by atoms with van der Waals surface area (Å²) in [5.41, 5.74) is 1.76. The third kappa shape index (κ3) is 4.34. The van der Waals surface area contributed by atoms with Gasteiger partial charge in [-0.1, -0.05) is 23.2 Å². The predicted octanol–water partition coefficient (Wildman–Crippen LogP) is 5.40. The van der Waals surface area contributed by atoms with Crippen LogP contribution < -0.4 is 14.4 Å². The SMILES string of the molecule is CCOc1ccc(N2C(=O)/C(=C/c3cc(Cl)c(OCC)c(Cl)c3)N(C)C2=S)cc1. The minimum atomic E-state index is -0.234. The molecule has 0 N–H and O–H groups in total. The van der Waals surface area contributed by atoms with Gasteiger partial charge in [0.15, 0.2) is 10.9 Å². The highest BCUT2D eigenvalue weighted by Crippen LogP contribution is 2.36. The van der Waals surface area contributed by atoms with Crippen LogP contribution in [0.1, 0.15) is 19.4 Å². The van der Waals surface area contributed by atoms with Gasteiger partial charge in [0, 0.05) is 7.05 Å². The molecule has 29 heavy (non-hydrogen) atoms. The van der Waals surface area contributed by atoms with E-state index in [-0.39, 0.29) is 5.91 Å². The molecule has 0 atom stereocenters. The van der Waals surface area contributed by atoms with Gasteiger partial charge in [-0.2, -0.15) is 0 Å². The van der Waals surface area contributed by atoms with Crippen LogP contribution in [-0.4, -0.2) is 36.2 Å². The zero-order chi connectivity index (χ0) is 21.1. The number of carbonyl (C=O) groups excluding carboxylic acids is 1. The molecule has 1 amide bonds. The number of thiocarbonyl (C=S) groups is 1. The maximum Gasteiger partial charge on any atom is 0.281 e. The number of carbonyl (C=O) groups is 1. The van der Waals surface area contributed by atoms with Crippen LogP contribution in [-0.2, 0) is 4.79 Å². The van der Waals surface area contributed by atoms with Crippen molar-refractivity contribution < 1.29 is 14.3 Å². The second-order valence-electron chi connectivity index (χ2n) is 6.19. The van der Waals surface area contributed by atoms with Crippen LogP contribution in [0, 0.1) is 0 Å². The molecule has 2 aromatic rings. The second kappa shape index (κ2) is 9.03. The van der Waals surface area contributed by atoms with Crippen LogP contribution in [0.3, 0.4) is 0 Å². The normalized spacial score (nSPS) is 15.4. The highest BCUT2D eigenvalue weighted by atomic mass is 35.5. The van der Waals surface area contributed by atoms with Gasteiger partial charge in [-0.15, -0.1) is 0 Å². The van der Waals surface area contributed by atoms with Gasteiger partial charge in [-0.05, 0) is 74.1 Å². The number of nitrogens with zero attached hydrogens (tertiary/aromatic N) is 2. The van der Waals surface area contributed by atoms with Gasteiger partial charge in [0.05, 0.1) is 28.9 Å². The van der Waals surface area contributed by atoms with E-state index in [4.69, 9.17) is 44.9 Å². The van der Waals surface area contributed by atoms with E-state index in [1.165, 1.54) is 4.90 Å². The molecule has 0 saturated carbocycles. The molecule has 0 unspecified atom stereocenters. The Bertz CT molecular complexity index is 953. The fraction of sp³-hybridized carbons (Fsp3) is 0.238. The summed E-state index contributed by atoms with van der Waals surface area (Å²) in [6.45, 7) is 4.79. The minimum absolute atomic E-state index is 0.234. The van der Waals surface area contributed by atoms with Crippen LogP contribution in [0.4, 0.5) is 5.69 Å². The maximum absolute atomic E-state index is 13.1. The third-order valence-corrected chi connectivity index (χ3v) is 5.30.